The van der Waals surface area contributed by atoms with E-state index >= 15 is 0 Å². The van der Waals surface area contributed by atoms with Gasteiger partial charge in [0.2, 0.25) is 0 Å². The van der Waals surface area contributed by atoms with Crippen molar-refractivity contribution in [3.63, 3.8) is 0 Å². The fourth-order valence-corrected chi connectivity index (χ4v) is 2.50. The summed E-state index contributed by atoms with van der Waals surface area (Å²) in [5.41, 5.74) is 2.23. The van der Waals surface area contributed by atoms with Gasteiger partial charge in [0.05, 0.1) is 13.2 Å². The van der Waals surface area contributed by atoms with Crippen LogP contribution in [0.4, 0.5) is 0 Å². The van der Waals surface area contributed by atoms with Gasteiger partial charge in [-0.25, -0.2) is 0 Å². The summed E-state index contributed by atoms with van der Waals surface area (Å²) in [5.74, 6) is 0.866. The van der Waals surface area contributed by atoms with E-state index in [1.165, 1.54) is 0 Å². The summed E-state index contributed by atoms with van der Waals surface area (Å²) in [6.07, 6.45) is -0.0718. The number of methoxy groups -OCH3 is 2. The lowest BCUT2D eigenvalue weighted by molar-refractivity contribution is 0.0693. The summed E-state index contributed by atoms with van der Waals surface area (Å²) < 4.78 is 11.2. The van der Waals surface area contributed by atoms with Gasteiger partial charge in [-0.05, 0) is 18.7 Å². The molecule has 0 bridgehead atoms. The summed E-state index contributed by atoms with van der Waals surface area (Å²) in [6.45, 7) is 0. The highest BCUT2D eigenvalue weighted by Gasteiger charge is 2.25. The molecule has 106 valence electrons. The first-order valence-corrected chi connectivity index (χ1v) is 6.69. The predicted octanol–water partition coefficient (Wildman–Crippen LogP) is 3.34. The van der Waals surface area contributed by atoms with Crippen LogP contribution in [0.25, 0.3) is 0 Å². The molecule has 0 saturated carbocycles. The molecular formula is C17H21NO2. The van der Waals surface area contributed by atoms with Crippen LogP contribution in [0.5, 0.6) is 5.75 Å². The van der Waals surface area contributed by atoms with Gasteiger partial charge in [0.1, 0.15) is 11.9 Å². The lowest BCUT2D eigenvalue weighted by Crippen LogP contribution is -2.25. The normalized spacial score (nSPS) is 13.8. The number of rotatable bonds is 6. The highest BCUT2D eigenvalue weighted by molar-refractivity contribution is 5.38. The minimum Gasteiger partial charge on any atom is -0.496 e. The third-order valence-electron chi connectivity index (χ3n) is 3.47. The number of likely N-dealkylation sites (N-methyl/N-ethyl adjacent to an activating group) is 1. The number of benzene rings is 2. The van der Waals surface area contributed by atoms with Gasteiger partial charge in [-0.15, -0.1) is 0 Å². The van der Waals surface area contributed by atoms with Crippen molar-refractivity contribution in [3.8, 4) is 5.75 Å². The number of hydrogen-bond donors (Lipinski definition) is 1. The molecule has 2 atom stereocenters. The zero-order chi connectivity index (χ0) is 14.4. The van der Waals surface area contributed by atoms with Gasteiger partial charge in [0.15, 0.2) is 0 Å². The van der Waals surface area contributed by atoms with Crippen molar-refractivity contribution in [2.75, 3.05) is 21.3 Å². The van der Waals surface area contributed by atoms with Crippen LogP contribution < -0.4 is 10.1 Å². The van der Waals surface area contributed by atoms with Gasteiger partial charge in [-0.1, -0.05) is 48.5 Å². The minimum atomic E-state index is -0.0718. The van der Waals surface area contributed by atoms with Crippen molar-refractivity contribution in [2.24, 2.45) is 0 Å². The Hall–Kier alpha value is -1.84. The Morgan fingerprint density at radius 2 is 1.55 bits per heavy atom. The summed E-state index contributed by atoms with van der Waals surface area (Å²) in [4.78, 5) is 0. The number of para-hydroxylation sites is 1. The van der Waals surface area contributed by atoms with Crippen LogP contribution >= 0.6 is 0 Å². The van der Waals surface area contributed by atoms with Gasteiger partial charge in [0.25, 0.3) is 0 Å². The van der Waals surface area contributed by atoms with Crippen molar-refractivity contribution in [3.05, 3.63) is 65.7 Å². The van der Waals surface area contributed by atoms with E-state index in [4.69, 9.17) is 9.47 Å². The van der Waals surface area contributed by atoms with E-state index in [2.05, 4.69) is 23.5 Å². The highest BCUT2D eigenvalue weighted by Crippen LogP contribution is 2.35. The van der Waals surface area contributed by atoms with Gasteiger partial charge < -0.3 is 14.8 Å². The highest BCUT2D eigenvalue weighted by atomic mass is 16.5. The zero-order valence-electron chi connectivity index (χ0n) is 12.2. The molecule has 0 aliphatic carbocycles. The third-order valence-corrected chi connectivity index (χ3v) is 3.47. The largest absolute Gasteiger partial charge is 0.496 e. The predicted molar refractivity (Wildman–Crippen MR) is 81.0 cm³/mol. The zero-order valence-corrected chi connectivity index (χ0v) is 12.2. The molecule has 0 amide bonds. The minimum absolute atomic E-state index is 0.0264. The molecule has 0 aromatic heterocycles. The van der Waals surface area contributed by atoms with Crippen molar-refractivity contribution in [2.45, 2.75) is 12.1 Å². The van der Waals surface area contributed by atoms with E-state index in [1.54, 1.807) is 14.2 Å². The molecule has 0 heterocycles. The SMILES string of the molecule is CNC(c1ccccc1OC)C(OC)c1ccccc1. The second-order valence-corrected chi connectivity index (χ2v) is 4.58. The molecular weight excluding hydrogens is 250 g/mol. The molecule has 0 fully saturated rings. The van der Waals surface area contributed by atoms with Crippen molar-refractivity contribution in [1.29, 1.82) is 0 Å². The maximum absolute atomic E-state index is 5.73. The molecule has 0 saturated heterocycles. The first kappa shape index (κ1) is 14.6. The average Bonchev–Trinajstić information content (AvgIpc) is 2.53. The van der Waals surface area contributed by atoms with Crippen LogP contribution in [0.2, 0.25) is 0 Å². The molecule has 2 aromatic rings. The first-order chi connectivity index (χ1) is 9.81. The van der Waals surface area contributed by atoms with Gasteiger partial charge >= 0.3 is 0 Å². The monoisotopic (exact) mass is 271 g/mol. The summed E-state index contributed by atoms with van der Waals surface area (Å²) in [6, 6.07) is 18.3. The molecule has 0 radical (unpaired) electrons. The van der Waals surface area contributed by atoms with E-state index in [-0.39, 0.29) is 12.1 Å². The second kappa shape index (κ2) is 7.08. The summed E-state index contributed by atoms with van der Waals surface area (Å²) in [7, 11) is 5.36. The fraction of sp³-hybridized carbons (Fsp3) is 0.294. The molecule has 3 heteroatoms. The molecule has 1 N–H and O–H groups in total. The van der Waals surface area contributed by atoms with Crippen LogP contribution in [0, 0.1) is 0 Å². The molecule has 2 unspecified atom stereocenters. The summed E-state index contributed by atoms with van der Waals surface area (Å²) in [5, 5.41) is 3.34. The van der Waals surface area contributed by atoms with Gasteiger partial charge in [0, 0.05) is 12.7 Å². The maximum atomic E-state index is 5.73. The Balaban J connectivity index is 2.39. The first-order valence-electron chi connectivity index (χ1n) is 6.69. The number of nitrogens with one attached hydrogen (secondary N) is 1. The summed E-state index contributed by atoms with van der Waals surface area (Å²) >= 11 is 0. The molecule has 2 rings (SSSR count). The van der Waals surface area contributed by atoms with E-state index in [0.717, 1.165) is 16.9 Å². The van der Waals surface area contributed by atoms with Crippen molar-refractivity contribution >= 4 is 0 Å². The molecule has 2 aromatic carbocycles. The van der Waals surface area contributed by atoms with Crippen LogP contribution in [0.3, 0.4) is 0 Å². The third kappa shape index (κ3) is 3.00. The Morgan fingerprint density at radius 1 is 0.900 bits per heavy atom. The van der Waals surface area contributed by atoms with E-state index < -0.39 is 0 Å². The molecule has 3 nitrogen and oxygen atoms in total. The van der Waals surface area contributed by atoms with Crippen molar-refractivity contribution in [1.82, 2.24) is 5.32 Å². The number of hydrogen-bond acceptors (Lipinski definition) is 3. The lowest BCUT2D eigenvalue weighted by atomic mass is 9.95. The van der Waals surface area contributed by atoms with Gasteiger partial charge in [-0.2, -0.15) is 0 Å². The fourth-order valence-electron chi connectivity index (χ4n) is 2.50. The average molecular weight is 271 g/mol. The second-order valence-electron chi connectivity index (χ2n) is 4.58. The van der Waals surface area contributed by atoms with Crippen LogP contribution in [-0.2, 0) is 4.74 Å². The lowest BCUT2D eigenvalue weighted by Gasteiger charge is -2.27. The van der Waals surface area contributed by atoms with E-state index in [0.29, 0.717) is 0 Å². The Labute approximate surface area is 120 Å². The quantitative estimate of drug-likeness (QED) is 0.874. The van der Waals surface area contributed by atoms with Gasteiger partial charge in [-0.3, -0.25) is 0 Å². The molecule has 0 spiro atoms. The smallest absolute Gasteiger partial charge is 0.123 e. The van der Waals surface area contributed by atoms with Crippen LogP contribution in [0.1, 0.15) is 23.3 Å². The molecule has 0 aliphatic rings. The molecule has 0 aliphatic heterocycles. The maximum Gasteiger partial charge on any atom is 0.123 e. The van der Waals surface area contributed by atoms with E-state index in [1.807, 2.05) is 43.4 Å². The Bertz CT molecular complexity index is 528. The van der Waals surface area contributed by atoms with Crippen LogP contribution in [-0.4, -0.2) is 21.3 Å². The Kier molecular flexibility index (Phi) is 5.16. The standard InChI is InChI=1S/C17H21NO2/c1-18-16(14-11-7-8-12-15(14)19-2)17(20-3)13-9-5-4-6-10-13/h4-12,16-18H,1-3H3. The van der Waals surface area contributed by atoms with Crippen LogP contribution in [0.15, 0.2) is 54.6 Å². The van der Waals surface area contributed by atoms with E-state index in [9.17, 15) is 0 Å². The van der Waals surface area contributed by atoms with Crippen molar-refractivity contribution < 1.29 is 9.47 Å². The number of ether oxygens (including phenoxy) is 2. The topological polar surface area (TPSA) is 30.5 Å². The molecule has 20 heavy (non-hydrogen) atoms. The Morgan fingerprint density at radius 3 is 2.15 bits per heavy atom.